The van der Waals surface area contributed by atoms with Gasteiger partial charge in [0.15, 0.2) is 0 Å². The Labute approximate surface area is 112 Å². The maximum absolute atomic E-state index is 12.6. The molecule has 1 aliphatic carbocycles. The van der Waals surface area contributed by atoms with E-state index >= 15 is 0 Å². The van der Waals surface area contributed by atoms with Gasteiger partial charge in [0.1, 0.15) is 0 Å². The third-order valence-electron chi connectivity index (χ3n) is 3.27. The smallest absolute Gasteiger partial charge is 0.329 e. The molecule has 1 aromatic carbocycles. The van der Waals surface area contributed by atoms with Crippen LogP contribution in [0.5, 0.6) is 0 Å². The minimum Gasteiger partial charge on any atom is -0.329 e. The molecular weight excluding hydrogens is 281 g/mol. The second-order valence-corrected chi connectivity index (χ2v) is 5.04. The lowest BCUT2D eigenvalue weighted by atomic mass is 10.1. The molecule has 0 saturated heterocycles. The fourth-order valence-electron chi connectivity index (χ4n) is 1.73. The zero-order chi connectivity index (χ0) is 14.3. The van der Waals surface area contributed by atoms with Crippen LogP contribution in [0.15, 0.2) is 18.2 Å². The Morgan fingerprint density at radius 1 is 1.42 bits per heavy atom. The van der Waals surface area contributed by atoms with E-state index in [1.807, 2.05) is 0 Å². The van der Waals surface area contributed by atoms with Crippen molar-refractivity contribution < 1.29 is 18.0 Å². The molecule has 7 heteroatoms. The van der Waals surface area contributed by atoms with Gasteiger partial charge in [-0.25, -0.2) is 0 Å². The molecule has 0 bridgehead atoms. The van der Waals surface area contributed by atoms with Crippen LogP contribution in [0.4, 0.5) is 18.9 Å². The first-order chi connectivity index (χ1) is 8.78. The van der Waals surface area contributed by atoms with E-state index in [9.17, 15) is 18.0 Å². The third-order valence-corrected chi connectivity index (χ3v) is 3.60. The summed E-state index contributed by atoms with van der Waals surface area (Å²) < 4.78 is 37.7. The minimum atomic E-state index is -4.48. The number of carbonyl (C=O) groups excluding carboxylic acids is 1. The summed E-state index contributed by atoms with van der Waals surface area (Å²) in [5.74, 6) is -0.378. The van der Waals surface area contributed by atoms with E-state index in [0.29, 0.717) is 12.8 Å². The van der Waals surface area contributed by atoms with Gasteiger partial charge in [0.25, 0.3) is 0 Å². The molecule has 3 nitrogen and oxygen atoms in total. The van der Waals surface area contributed by atoms with Gasteiger partial charge in [0.2, 0.25) is 5.91 Å². The molecule has 1 saturated carbocycles. The maximum atomic E-state index is 12.6. The topological polar surface area (TPSA) is 55.1 Å². The molecule has 0 aliphatic heterocycles. The summed E-state index contributed by atoms with van der Waals surface area (Å²) in [5, 5.41) is 2.49. The number of carbonyl (C=O) groups is 1. The lowest BCUT2D eigenvalue weighted by molar-refractivity contribution is -0.137. The van der Waals surface area contributed by atoms with E-state index in [2.05, 4.69) is 5.32 Å². The van der Waals surface area contributed by atoms with Crippen LogP contribution in [0.25, 0.3) is 0 Å². The number of halogens is 4. The van der Waals surface area contributed by atoms with Gasteiger partial charge in [-0.3, -0.25) is 4.79 Å². The quantitative estimate of drug-likeness (QED) is 0.899. The monoisotopic (exact) mass is 292 g/mol. The standard InChI is InChI=1S/C12H12ClF3N2O/c13-8-2-1-7(12(14,15)16)5-9(8)18-10(19)11(6-17)3-4-11/h1-2,5H,3-4,6,17H2,(H,18,19). The average Bonchev–Trinajstić information content (AvgIpc) is 3.11. The molecule has 0 aromatic heterocycles. The highest BCUT2D eigenvalue weighted by Gasteiger charge is 2.48. The van der Waals surface area contributed by atoms with Crippen molar-refractivity contribution in [2.75, 3.05) is 11.9 Å². The number of nitrogens with one attached hydrogen (secondary N) is 1. The first-order valence-electron chi connectivity index (χ1n) is 5.67. The predicted octanol–water partition coefficient (Wildman–Crippen LogP) is 3.04. The second kappa shape index (κ2) is 4.68. The van der Waals surface area contributed by atoms with Crippen LogP contribution in [0.1, 0.15) is 18.4 Å². The number of amides is 1. The van der Waals surface area contributed by atoms with Crippen LogP contribution in [0.3, 0.4) is 0 Å². The van der Waals surface area contributed by atoms with Gasteiger partial charge >= 0.3 is 6.18 Å². The van der Waals surface area contributed by atoms with E-state index in [4.69, 9.17) is 17.3 Å². The van der Waals surface area contributed by atoms with Gasteiger partial charge in [-0.05, 0) is 31.0 Å². The number of alkyl halides is 3. The van der Waals surface area contributed by atoms with Crippen molar-refractivity contribution in [1.82, 2.24) is 0 Å². The molecule has 0 unspecified atom stereocenters. The Balaban J connectivity index is 2.23. The zero-order valence-electron chi connectivity index (χ0n) is 9.85. The van der Waals surface area contributed by atoms with E-state index in [1.165, 1.54) is 0 Å². The maximum Gasteiger partial charge on any atom is 0.416 e. The van der Waals surface area contributed by atoms with E-state index in [1.54, 1.807) is 0 Å². The normalized spacial score (nSPS) is 17.1. The second-order valence-electron chi connectivity index (χ2n) is 4.63. The molecule has 3 N–H and O–H groups in total. The summed E-state index contributed by atoms with van der Waals surface area (Å²) in [6, 6.07) is 2.81. The molecule has 0 radical (unpaired) electrons. The van der Waals surface area contributed by atoms with E-state index in [-0.39, 0.29) is 23.2 Å². The van der Waals surface area contributed by atoms with Crippen molar-refractivity contribution in [3.05, 3.63) is 28.8 Å². The summed E-state index contributed by atoms with van der Waals surface area (Å²) in [6.07, 6.45) is -3.19. The van der Waals surface area contributed by atoms with Crippen molar-refractivity contribution in [3.8, 4) is 0 Å². The molecule has 0 atom stereocenters. The first-order valence-corrected chi connectivity index (χ1v) is 6.04. The van der Waals surface area contributed by atoms with Gasteiger partial charge in [0, 0.05) is 6.54 Å². The molecule has 2 rings (SSSR count). The van der Waals surface area contributed by atoms with Gasteiger partial charge < -0.3 is 11.1 Å². The van der Waals surface area contributed by atoms with Gasteiger partial charge in [-0.2, -0.15) is 13.2 Å². The molecule has 104 valence electrons. The van der Waals surface area contributed by atoms with Crippen molar-refractivity contribution in [3.63, 3.8) is 0 Å². The van der Waals surface area contributed by atoms with Crippen molar-refractivity contribution in [2.45, 2.75) is 19.0 Å². The predicted molar refractivity (Wildman–Crippen MR) is 65.8 cm³/mol. The Morgan fingerprint density at radius 2 is 2.05 bits per heavy atom. The van der Waals surface area contributed by atoms with Crippen LogP contribution in [-0.4, -0.2) is 12.5 Å². The summed E-state index contributed by atoms with van der Waals surface area (Å²) >= 11 is 5.79. The van der Waals surface area contributed by atoms with Crippen LogP contribution in [0.2, 0.25) is 5.02 Å². The highest BCUT2D eigenvalue weighted by molar-refractivity contribution is 6.33. The largest absolute Gasteiger partial charge is 0.416 e. The third kappa shape index (κ3) is 2.84. The van der Waals surface area contributed by atoms with Gasteiger partial charge in [-0.1, -0.05) is 11.6 Å². The van der Waals surface area contributed by atoms with Crippen molar-refractivity contribution in [1.29, 1.82) is 0 Å². The molecule has 1 fully saturated rings. The average molecular weight is 293 g/mol. The fraction of sp³-hybridized carbons (Fsp3) is 0.417. The summed E-state index contributed by atoms with van der Waals surface area (Å²) in [7, 11) is 0. The number of nitrogens with two attached hydrogens (primary N) is 1. The first kappa shape index (κ1) is 14.1. The molecule has 0 spiro atoms. The Kier molecular flexibility index (Phi) is 3.49. The van der Waals surface area contributed by atoms with Gasteiger partial charge in [0.05, 0.1) is 21.7 Å². The summed E-state index contributed by atoms with van der Waals surface area (Å²) in [5.41, 5.74) is 3.95. The van der Waals surface area contributed by atoms with Crippen LogP contribution >= 0.6 is 11.6 Å². The highest BCUT2D eigenvalue weighted by atomic mass is 35.5. The lowest BCUT2D eigenvalue weighted by Gasteiger charge is -2.15. The number of benzene rings is 1. The lowest BCUT2D eigenvalue weighted by Crippen LogP contribution is -2.31. The van der Waals surface area contributed by atoms with Crippen LogP contribution in [-0.2, 0) is 11.0 Å². The summed E-state index contributed by atoms with van der Waals surface area (Å²) in [6.45, 7) is 0.176. The number of hydrogen-bond acceptors (Lipinski definition) is 2. The fourth-order valence-corrected chi connectivity index (χ4v) is 1.89. The SMILES string of the molecule is NCC1(C(=O)Nc2cc(C(F)(F)F)ccc2Cl)CC1. The van der Waals surface area contributed by atoms with Crippen LogP contribution < -0.4 is 11.1 Å². The zero-order valence-corrected chi connectivity index (χ0v) is 10.6. The Morgan fingerprint density at radius 3 is 2.53 bits per heavy atom. The molecule has 1 aliphatic rings. The van der Waals surface area contributed by atoms with Crippen molar-refractivity contribution in [2.24, 2.45) is 11.1 Å². The Bertz CT molecular complexity index is 512. The minimum absolute atomic E-state index is 0.0405. The molecule has 1 aromatic rings. The number of hydrogen-bond donors (Lipinski definition) is 2. The number of anilines is 1. The van der Waals surface area contributed by atoms with Crippen LogP contribution in [0, 0.1) is 5.41 Å². The molecular formula is C12H12ClF3N2O. The van der Waals surface area contributed by atoms with Crippen molar-refractivity contribution >= 4 is 23.2 Å². The Hall–Kier alpha value is -1.27. The molecule has 0 heterocycles. The van der Waals surface area contributed by atoms with E-state index < -0.39 is 17.2 Å². The van der Waals surface area contributed by atoms with Gasteiger partial charge in [-0.15, -0.1) is 0 Å². The molecule has 19 heavy (non-hydrogen) atoms. The summed E-state index contributed by atoms with van der Waals surface area (Å²) in [4.78, 5) is 11.9. The highest BCUT2D eigenvalue weighted by Crippen LogP contribution is 2.46. The van der Waals surface area contributed by atoms with E-state index in [0.717, 1.165) is 18.2 Å². The molecule has 1 amide bonds. The number of rotatable bonds is 3.